The topological polar surface area (TPSA) is 81.5 Å². The number of amides is 1. The first kappa shape index (κ1) is 17.9. The molecule has 3 aromatic carbocycles. The molecule has 0 aromatic heterocycles. The second-order valence-corrected chi connectivity index (χ2v) is 6.49. The molecule has 3 rings (SSSR count). The summed E-state index contributed by atoms with van der Waals surface area (Å²) >= 11 is 3.51. The third kappa shape index (κ3) is 3.83. The van der Waals surface area contributed by atoms with Gasteiger partial charge in [-0.2, -0.15) is 0 Å². The number of nitrogens with one attached hydrogen (secondary N) is 1. The van der Waals surface area contributed by atoms with Crippen LogP contribution in [0.1, 0.15) is 5.56 Å². The van der Waals surface area contributed by atoms with Gasteiger partial charge < -0.3 is 10.1 Å². The van der Waals surface area contributed by atoms with Crippen molar-refractivity contribution in [3.8, 4) is 5.75 Å². The highest BCUT2D eigenvalue weighted by Gasteiger charge is 2.12. The third-order valence-electron chi connectivity index (χ3n) is 3.88. The lowest BCUT2D eigenvalue weighted by atomic mass is 10.1. The predicted octanol–water partition coefficient (Wildman–Crippen LogP) is 4.84. The van der Waals surface area contributed by atoms with E-state index in [1.165, 1.54) is 18.2 Å². The Morgan fingerprint density at radius 2 is 1.96 bits per heavy atom. The fourth-order valence-electron chi connectivity index (χ4n) is 2.56. The maximum Gasteiger partial charge on any atom is 0.269 e. The SMILES string of the molecule is Cc1cc([N+](=O)[O-])ccc1NC(=O)COc1ccc2ccccc2c1Br. The van der Waals surface area contributed by atoms with Crippen LogP contribution in [0.5, 0.6) is 5.75 Å². The molecule has 0 heterocycles. The van der Waals surface area contributed by atoms with Crippen molar-refractivity contribution in [3.05, 3.63) is 74.7 Å². The average Bonchev–Trinajstić information content (AvgIpc) is 2.63. The average molecular weight is 415 g/mol. The first-order valence-electron chi connectivity index (χ1n) is 7.80. The van der Waals surface area contributed by atoms with Gasteiger partial charge in [-0.15, -0.1) is 0 Å². The van der Waals surface area contributed by atoms with Crippen LogP contribution in [0.4, 0.5) is 11.4 Å². The molecule has 0 unspecified atom stereocenters. The number of aryl methyl sites for hydroxylation is 1. The molecule has 0 aliphatic heterocycles. The van der Waals surface area contributed by atoms with Crippen molar-refractivity contribution in [3.63, 3.8) is 0 Å². The molecule has 1 N–H and O–H groups in total. The second kappa shape index (κ2) is 7.53. The smallest absolute Gasteiger partial charge is 0.269 e. The van der Waals surface area contributed by atoms with Crippen LogP contribution in [0.3, 0.4) is 0 Å². The van der Waals surface area contributed by atoms with Crippen molar-refractivity contribution in [1.82, 2.24) is 0 Å². The van der Waals surface area contributed by atoms with Crippen LogP contribution >= 0.6 is 15.9 Å². The first-order chi connectivity index (χ1) is 12.5. The van der Waals surface area contributed by atoms with E-state index >= 15 is 0 Å². The van der Waals surface area contributed by atoms with E-state index in [9.17, 15) is 14.9 Å². The van der Waals surface area contributed by atoms with Crippen molar-refractivity contribution < 1.29 is 14.5 Å². The van der Waals surface area contributed by atoms with Gasteiger partial charge in [0.2, 0.25) is 0 Å². The monoisotopic (exact) mass is 414 g/mol. The largest absolute Gasteiger partial charge is 0.483 e. The number of anilines is 1. The summed E-state index contributed by atoms with van der Waals surface area (Å²) in [5, 5.41) is 15.5. The molecule has 26 heavy (non-hydrogen) atoms. The Hall–Kier alpha value is -2.93. The molecule has 0 saturated carbocycles. The van der Waals surface area contributed by atoms with Gasteiger partial charge in [0.25, 0.3) is 11.6 Å². The van der Waals surface area contributed by atoms with Crippen molar-refractivity contribution in [2.24, 2.45) is 0 Å². The van der Waals surface area contributed by atoms with E-state index in [0.717, 1.165) is 15.2 Å². The van der Waals surface area contributed by atoms with Gasteiger partial charge in [-0.3, -0.25) is 14.9 Å². The molecule has 0 radical (unpaired) electrons. The van der Waals surface area contributed by atoms with Gasteiger partial charge >= 0.3 is 0 Å². The number of halogens is 1. The summed E-state index contributed by atoms with van der Waals surface area (Å²) in [6, 6.07) is 15.8. The number of carbonyl (C=O) groups is 1. The Balaban J connectivity index is 1.68. The molecule has 0 atom stereocenters. The number of nitrogens with zero attached hydrogens (tertiary/aromatic N) is 1. The molecule has 3 aromatic rings. The van der Waals surface area contributed by atoms with Crippen molar-refractivity contribution in [2.45, 2.75) is 6.92 Å². The molecule has 0 aliphatic rings. The number of nitro groups is 1. The molecule has 0 bridgehead atoms. The molecule has 0 aliphatic carbocycles. The molecule has 132 valence electrons. The zero-order chi connectivity index (χ0) is 18.7. The van der Waals surface area contributed by atoms with E-state index in [4.69, 9.17) is 4.74 Å². The van der Waals surface area contributed by atoms with Gasteiger partial charge in [-0.1, -0.05) is 30.3 Å². The fraction of sp³-hybridized carbons (Fsp3) is 0.105. The summed E-state index contributed by atoms with van der Waals surface area (Å²) in [6.07, 6.45) is 0. The number of benzene rings is 3. The van der Waals surface area contributed by atoms with Crippen LogP contribution in [0.15, 0.2) is 59.1 Å². The highest BCUT2D eigenvalue weighted by Crippen LogP contribution is 2.33. The zero-order valence-electron chi connectivity index (χ0n) is 13.9. The van der Waals surface area contributed by atoms with E-state index in [0.29, 0.717) is 17.0 Å². The number of non-ortho nitro benzene ring substituents is 1. The lowest BCUT2D eigenvalue weighted by molar-refractivity contribution is -0.384. The second-order valence-electron chi connectivity index (χ2n) is 5.69. The highest BCUT2D eigenvalue weighted by molar-refractivity contribution is 9.10. The Morgan fingerprint density at radius 1 is 1.19 bits per heavy atom. The lowest BCUT2D eigenvalue weighted by Gasteiger charge is -2.11. The minimum Gasteiger partial charge on any atom is -0.483 e. The predicted molar refractivity (Wildman–Crippen MR) is 104 cm³/mol. The number of hydrogen-bond acceptors (Lipinski definition) is 4. The lowest BCUT2D eigenvalue weighted by Crippen LogP contribution is -2.20. The Labute approximate surface area is 158 Å². The van der Waals surface area contributed by atoms with Crippen LogP contribution in [0.2, 0.25) is 0 Å². The zero-order valence-corrected chi connectivity index (χ0v) is 15.4. The minimum atomic E-state index is -0.473. The van der Waals surface area contributed by atoms with Crippen LogP contribution in [0, 0.1) is 17.0 Å². The quantitative estimate of drug-likeness (QED) is 0.478. The molecule has 7 heteroatoms. The van der Waals surface area contributed by atoms with Gasteiger partial charge in [-0.25, -0.2) is 0 Å². The van der Waals surface area contributed by atoms with Gasteiger partial charge in [0.05, 0.1) is 9.40 Å². The number of ether oxygens (including phenoxy) is 1. The van der Waals surface area contributed by atoms with Crippen molar-refractivity contribution >= 4 is 44.0 Å². The van der Waals surface area contributed by atoms with Gasteiger partial charge in [-0.05, 0) is 51.3 Å². The third-order valence-corrected chi connectivity index (χ3v) is 4.70. The van der Waals surface area contributed by atoms with Crippen LogP contribution < -0.4 is 10.1 Å². The first-order valence-corrected chi connectivity index (χ1v) is 8.60. The molecule has 6 nitrogen and oxygen atoms in total. The van der Waals surface area contributed by atoms with E-state index < -0.39 is 4.92 Å². The van der Waals surface area contributed by atoms with E-state index in [-0.39, 0.29) is 18.2 Å². The number of hydrogen-bond donors (Lipinski definition) is 1. The van der Waals surface area contributed by atoms with Crippen molar-refractivity contribution in [1.29, 1.82) is 0 Å². The number of rotatable bonds is 5. The maximum atomic E-state index is 12.1. The molecular weight excluding hydrogens is 400 g/mol. The summed E-state index contributed by atoms with van der Waals surface area (Å²) in [5.41, 5.74) is 1.11. The Kier molecular flexibility index (Phi) is 5.18. The van der Waals surface area contributed by atoms with Crippen LogP contribution in [0.25, 0.3) is 10.8 Å². The normalized spacial score (nSPS) is 10.5. The summed E-state index contributed by atoms with van der Waals surface area (Å²) < 4.78 is 6.40. The summed E-state index contributed by atoms with van der Waals surface area (Å²) in [7, 11) is 0. The molecule has 0 saturated heterocycles. The van der Waals surface area contributed by atoms with Crippen LogP contribution in [-0.2, 0) is 4.79 Å². The van der Waals surface area contributed by atoms with E-state index in [1.54, 1.807) is 13.0 Å². The molecular formula is C19H15BrN2O4. The number of carbonyl (C=O) groups excluding carboxylic acids is 1. The molecule has 0 spiro atoms. The Morgan fingerprint density at radius 3 is 2.69 bits per heavy atom. The standard InChI is InChI=1S/C19H15BrN2O4/c1-12-10-14(22(24)25)7-8-16(12)21-18(23)11-26-17-9-6-13-4-2-3-5-15(13)19(17)20/h2-10H,11H2,1H3,(H,21,23). The van der Waals surface area contributed by atoms with Gasteiger partial charge in [0, 0.05) is 17.8 Å². The number of nitro benzene ring substituents is 1. The molecule has 1 amide bonds. The summed E-state index contributed by atoms with van der Waals surface area (Å²) in [5.74, 6) is 0.223. The van der Waals surface area contributed by atoms with Gasteiger partial charge in [0.1, 0.15) is 5.75 Å². The van der Waals surface area contributed by atoms with Crippen LogP contribution in [-0.4, -0.2) is 17.4 Å². The number of fused-ring (bicyclic) bond motifs is 1. The van der Waals surface area contributed by atoms with Gasteiger partial charge in [0.15, 0.2) is 6.61 Å². The summed E-state index contributed by atoms with van der Waals surface area (Å²) in [4.78, 5) is 22.4. The fourth-order valence-corrected chi connectivity index (χ4v) is 3.16. The molecule has 0 fully saturated rings. The minimum absolute atomic E-state index is 0.0168. The van der Waals surface area contributed by atoms with E-state index in [1.807, 2.05) is 30.3 Å². The van der Waals surface area contributed by atoms with E-state index in [2.05, 4.69) is 21.2 Å². The summed E-state index contributed by atoms with van der Waals surface area (Å²) in [6.45, 7) is 1.52. The Bertz CT molecular complexity index is 1000. The van der Waals surface area contributed by atoms with Crippen molar-refractivity contribution in [2.75, 3.05) is 11.9 Å². The maximum absolute atomic E-state index is 12.1. The highest BCUT2D eigenvalue weighted by atomic mass is 79.9.